The predicted octanol–water partition coefficient (Wildman–Crippen LogP) is 3.67. The predicted molar refractivity (Wildman–Crippen MR) is 83.5 cm³/mol. The second kappa shape index (κ2) is 5.73. The van der Waals surface area contributed by atoms with Crippen LogP contribution in [0, 0.1) is 11.3 Å². The Morgan fingerprint density at radius 3 is 2.11 bits per heavy atom. The van der Waals surface area contributed by atoms with E-state index in [1.165, 1.54) is 45.2 Å². The minimum absolute atomic E-state index is 0.233. The first-order chi connectivity index (χ1) is 8.81. The second-order valence-corrected chi connectivity index (χ2v) is 8.37. The van der Waals surface area contributed by atoms with Crippen LogP contribution in [0.25, 0.3) is 0 Å². The molecule has 0 bridgehead atoms. The van der Waals surface area contributed by atoms with Gasteiger partial charge in [0.25, 0.3) is 0 Å². The van der Waals surface area contributed by atoms with Crippen molar-refractivity contribution >= 4 is 0 Å². The number of nitrogens with zero attached hydrogens (tertiary/aromatic N) is 1. The fourth-order valence-corrected chi connectivity index (χ4v) is 2.68. The van der Waals surface area contributed by atoms with Gasteiger partial charge < -0.3 is 5.32 Å². The Kier molecular flexibility index (Phi) is 4.62. The Morgan fingerprint density at radius 1 is 1.05 bits per heavy atom. The van der Waals surface area contributed by atoms with Crippen molar-refractivity contribution in [2.75, 3.05) is 19.6 Å². The lowest BCUT2D eigenvalue weighted by atomic mass is 9.85. The normalized spacial score (nSPS) is 23.7. The van der Waals surface area contributed by atoms with Crippen molar-refractivity contribution in [2.24, 2.45) is 11.3 Å². The summed E-state index contributed by atoms with van der Waals surface area (Å²) in [4.78, 5) is 2.81. The highest BCUT2D eigenvalue weighted by atomic mass is 15.2. The summed E-state index contributed by atoms with van der Waals surface area (Å²) in [6.07, 6.45) is 7.11. The number of hydrogen-bond acceptors (Lipinski definition) is 2. The second-order valence-electron chi connectivity index (χ2n) is 8.37. The summed E-state index contributed by atoms with van der Waals surface area (Å²) < 4.78 is 0. The molecule has 1 unspecified atom stereocenters. The Labute approximate surface area is 120 Å². The van der Waals surface area contributed by atoms with Gasteiger partial charge in [-0.25, -0.2) is 0 Å². The molecule has 1 atom stereocenters. The molecule has 0 radical (unpaired) electrons. The van der Waals surface area contributed by atoms with Gasteiger partial charge in [-0.1, -0.05) is 13.8 Å². The van der Waals surface area contributed by atoms with E-state index in [2.05, 4.69) is 44.8 Å². The van der Waals surface area contributed by atoms with Crippen LogP contribution in [0.2, 0.25) is 0 Å². The fourth-order valence-electron chi connectivity index (χ4n) is 2.68. The minimum atomic E-state index is 0.233. The Bertz CT molecular complexity index is 286. The van der Waals surface area contributed by atoms with E-state index in [1.807, 2.05) is 0 Å². The molecule has 0 aromatic carbocycles. The third kappa shape index (κ3) is 5.43. The monoisotopic (exact) mass is 266 g/mol. The molecule has 19 heavy (non-hydrogen) atoms. The van der Waals surface area contributed by atoms with Crippen LogP contribution in [-0.4, -0.2) is 36.1 Å². The highest BCUT2D eigenvalue weighted by Crippen LogP contribution is 2.37. The van der Waals surface area contributed by atoms with Crippen molar-refractivity contribution in [3.05, 3.63) is 0 Å². The molecular formula is C17H34N2. The summed E-state index contributed by atoms with van der Waals surface area (Å²) in [6.45, 7) is 15.4. The SMILES string of the molecule is CCC(C)(CNC(C)(C)C)CN(CC1CC1)C1CC1. The van der Waals surface area contributed by atoms with Crippen molar-refractivity contribution in [1.82, 2.24) is 10.2 Å². The molecule has 2 aliphatic carbocycles. The van der Waals surface area contributed by atoms with Gasteiger partial charge in [0.2, 0.25) is 0 Å². The van der Waals surface area contributed by atoms with E-state index in [9.17, 15) is 0 Å². The zero-order valence-electron chi connectivity index (χ0n) is 13.8. The molecule has 2 fully saturated rings. The van der Waals surface area contributed by atoms with Crippen molar-refractivity contribution in [3.8, 4) is 0 Å². The molecule has 112 valence electrons. The van der Waals surface area contributed by atoms with Crippen molar-refractivity contribution < 1.29 is 0 Å². The van der Waals surface area contributed by atoms with Gasteiger partial charge in [0, 0.05) is 31.2 Å². The fraction of sp³-hybridized carbons (Fsp3) is 1.00. The summed E-state index contributed by atoms with van der Waals surface area (Å²) in [5, 5.41) is 3.72. The van der Waals surface area contributed by atoms with E-state index in [-0.39, 0.29) is 5.54 Å². The first-order valence-electron chi connectivity index (χ1n) is 8.30. The van der Waals surface area contributed by atoms with Crippen LogP contribution in [-0.2, 0) is 0 Å². The average molecular weight is 266 g/mol. The van der Waals surface area contributed by atoms with Gasteiger partial charge in [-0.05, 0) is 64.2 Å². The van der Waals surface area contributed by atoms with Gasteiger partial charge in [0.1, 0.15) is 0 Å². The van der Waals surface area contributed by atoms with Crippen molar-refractivity contribution in [3.63, 3.8) is 0 Å². The summed E-state index contributed by atoms with van der Waals surface area (Å²) in [5.41, 5.74) is 0.655. The molecule has 2 nitrogen and oxygen atoms in total. The van der Waals surface area contributed by atoms with Gasteiger partial charge >= 0.3 is 0 Å². The highest BCUT2D eigenvalue weighted by molar-refractivity contribution is 4.92. The first kappa shape index (κ1) is 15.3. The third-order valence-corrected chi connectivity index (χ3v) is 4.74. The Hall–Kier alpha value is -0.0800. The van der Waals surface area contributed by atoms with Gasteiger partial charge in [0.15, 0.2) is 0 Å². The summed E-state index contributed by atoms with van der Waals surface area (Å²) in [6, 6.07) is 0.918. The number of nitrogens with one attached hydrogen (secondary N) is 1. The Morgan fingerprint density at radius 2 is 1.68 bits per heavy atom. The molecule has 1 N–H and O–H groups in total. The van der Waals surface area contributed by atoms with Crippen LogP contribution in [0.5, 0.6) is 0 Å². The molecule has 0 spiro atoms. The summed E-state index contributed by atoms with van der Waals surface area (Å²) >= 11 is 0. The van der Waals surface area contributed by atoms with E-state index in [0.29, 0.717) is 5.41 Å². The lowest BCUT2D eigenvalue weighted by Crippen LogP contribution is -2.48. The maximum absolute atomic E-state index is 3.72. The van der Waals surface area contributed by atoms with E-state index in [1.54, 1.807) is 0 Å². The molecule has 0 amide bonds. The first-order valence-corrected chi connectivity index (χ1v) is 8.30. The zero-order chi connectivity index (χ0) is 14.1. The summed E-state index contributed by atoms with van der Waals surface area (Å²) in [7, 11) is 0. The molecule has 2 aliphatic rings. The average Bonchev–Trinajstić information content (AvgIpc) is 3.15. The maximum atomic E-state index is 3.72. The molecular weight excluding hydrogens is 232 g/mol. The van der Waals surface area contributed by atoms with Gasteiger partial charge in [0.05, 0.1) is 0 Å². The van der Waals surface area contributed by atoms with E-state index in [0.717, 1.165) is 18.5 Å². The molecule has 0 aromatic rings. The van der Waals surface area contributed by atoms with Crippen LogP contribution < -0.4 is 5.32 Å². The zero-order valence-corrected chi connectivity index (χ0v) is 13.8. The lowest BCUT2D eigenvalue weighted by molar-refractivity contribution is 0.135. The lowest BCUT2D eigenvalue weighted by Gasteiger charge is -2.37. The maximum Gasteiger partial charge on any atom is 0.00967 e. The molecule has 2 heteroatoms. The molecule has 0 aliphatic heterocycles. The topological polar surface area (TPSA) is 15.3 Å². The minimum Gasteiger partial charge on any atom is -0.311 e. The van der Waals surface area contributed by atoms with Crippen molar-refractivity contribution in [2.45, 2.75) is 78.3 Å². The quantitative estimate of drug-likeness (QED) is 0.721. The Balaban J connectivity index is 1.86. The van der Waals surface area contributed by atoms with Gasteiger partial charge in [-0.15, -0.1) is 0 Å². The largest absolute Gasteiger partial charge is 0.311 e. The number of hydrogen-bond donors (Lipinski definition) is 1. The van der Waals surface area contributed by atoms with Crippen LogP contribution in [0.15, 0.2) is 0 Å². The standard InChI is InChI=1S/C17H34N2/c1-6-17(5,12-18-16(2,3)4)13-19(15-9-10-15)11-14-7-8-14/h14-15,18H,6-13H2,1-5H3. The van der Waals surface area contributed by atoms with Crippen LogP contribution in [0.1, 0.15) is 66.7 Å². The highest BCUT2D eigenvalue weighted by Gasteiger charge is 2.37. The van der Waals surface area contributed by atoms with Crippen LogP contribution in [0.4, 0.5) is 0 Å². The molecule has 2 saturated carbocycles. The van der Waals surface area contributed by atoms with Gasteiger partial charge in [-0.3, -0.25) is 4.90 Å². The smallest absolute Gasteiger partial charge is 0.00967 e. The van der Waals surface area contributed by atoms with Crippen LogP contribution in [0.3, 0.4) is 0 Å². The summed E-state index contributed by atoms with van der Waals surface area (Å²) in [5.74, 6) is 1.03. The van der Waals surface area contributed by atoms with Crippen molar-refractivity contribution in [1.29, 1.82) is 0 Å². The number of rotatable bonds is 8. The molecule has 2 rings (SSSR count). The molecule has 0 saturated heterocycles. The van der Waals surface area contributed by atoms with Gasteiger partial charge in [-0.2, -0.15) is 0 Å². The van der Waals surface area contributed by atoms with E-state index < -0.39 is 0 Å². The molecule has 0 aromatic heterocycles. The van der Waals surface area contributed by atoms with E-state index >= 15 is 0 Å². The third-order valence-electron chi connectivity index (χ3n) is 4.74. The van der Waals surface area contributed by atoms with Crippen LogP contribution >= 0.6 is 0 Å². The molecule has 0 heterocycles. The van der Waals surface area contributed by atoms with E-state index in [4.69, 9.17) is 0 Å².